The number of rotatable bonds is 2. The highest BCUT2D eigenvalue weighted by Gasteiger charge is 2.29. The lowest BCUT2D eigenvalue weighted by atomic mass is 10.1. The van der Waals surface area contributed by atoms with Crippen molar-refractivity contribution < 1.29 is 12.8 Å². The predicted molar refractivity (Wildman–Crippen MR) is 88.9 cm³/mol. The van der Waals surface area contributed by atoms with E-state index in [9.17, 15) is 12.8 Å². The molecule has 1 saturated heterocycles. The highest BCUT2D eigenvalue weighted by atomic mass is 127. The van der Waals surface area contributed by atoms with Gasteiger partial charge in [-0.05, 0) is 41.5 Å². The van der Waals surface area contributed by atoms with Crippen LogP contribution in [0.3, 0.4) is 0 Å². The minimum absolute atomic E-state index is 0.0654. The Kier molecular flexibility index (Phi) is 4.17. The van der Waals surface area contributed by atoms with Crippen LogP contribution in [0.1, 0.15) is 24.7 Å². The molecule has 1 aromatic carbocycles. The molecule has 0 bridgehead atoms. The molecule has 1 aliphatic rings. The summed E-state index contributed by atoms with van der Waals surface area (Å²) >= 11 is 7.86. The van der Waals surface area contributed by atoms with Crippen molar-refractivity contribution in [2.75, 3.05) is 11.5 Å². The average Bonchev–Trinajstić information content (AvgIpc) is 2.75. The first kappa shape index (κ1) is 15.5. The summed E-state index contributed by atoms with van der Waals surface area (Å²) in [6.07, 6.45) is 1.35. The molecule has 0 saturated carbocycles. The summed E-state index contributed by atoms with van der Waals surface area (Å²) in [6, 6.07) is 2.86. The van der Waals surface area contributed by atoms with Gasteiger partial charge in [0, 0.05) is 12.1 Å². The molecule has 0 aliphatic carbocycles. The molecule has 2 heterocycles. The largest absolute Gasteiger partial charge is 0.323 e. The van der Waals surface area contributed by atoms with Crippen LogP contribution in [-0.2, 0) is 15.7 Å². The molecule has 1 aliphatic heterocycles. The van der Waals surface area contributed by atoms with E-state index >= 15 is 0 Å². The van der Waals surface area contributed by atoms with Crippen molar-refractivity contribution in [2.45, 2.75) is 24.8 Å². The highest BCUT2D eigenvalue weighted by Crippen LogP contribution is 2.31. The molecule has 1 atom stereocenters. The maximum atomic E-state index is 13.9. The standard InChI is InChI=1S/C13H13ClFIN2O2S/c14-6-13-17-11-5-10(16)9(15)4-12(11)18(13)8-2-1-3-21(19,20)7-8/h4-5,8H,1-3,6-7H2. The van der Waals surface area contributed by atoms with Gasteiger partial charge in [-0.25, -0.2) is 17.8 Å². The third-order valence-corrected chi connectivity index (χ3v) is 6.60. The second-order valence-electron chi connectivity index (χ2n) is 5.20. The summed E-state index contributed by atoms with van der Waals surface area (Å²) < 4.78 is 39.9. The quantitative estimate of drug-likeness (QED) is 0.530. The van der Waals surface area contributed by atoms with Crippen LogP contribution in [0.25, 0.3) is 11.0 Å². The van der Waals surface area contributed by atoms with Gasteiger partial charge >= 0.3 is 0 Å². The van der Waals surface area contributed by atoms with Crippen molar-refractivity contribution in [3.8, 4) is 0 Å². The van der Waals surface area contributed by atoms with E-state index in [1.165, 1.54) is 6.07 Å². The minimum atomic E-state index is -3.06. The van der Waals surface area contributed by atoms with Gasteiger partial charge in [-0.2, -0.15) is 0 Å². The Morgan fingerprint density at radius 2 is 2.24 bits per heavy atom. The van der Waals surface area contributed by atoms with Crippen molar-refractivity contribution in [1.82, 2.24) is 9.55 Å². The van der Waals surface area contributed by atoms with Gasteiger partial charge in [0.2, 0.25) is 0 Å². The maximum Gasteiger partial charge on any atom is 0.152 e. The molecular weight excluding hydrogens is 430 g/mol. The van der Waals surface area contributed by atoms with E-state index in [1.807, 2.05) is 22.6 Å². The Morgan fingerprint density at radius 3 is 2.90 bits per heavy atom. The molecule has 4 nitrogen and oxygen atoms in total. The third kappa shape index (κ3) is 2.92. The van der Waals surface area contributed by atoms with Crippen LogP contribution in [0.5, 0.6) is 0 Å². The fourth-order valence-electron chi connectivity index (χ4n) is 2.84. The number of imidazole rings is 1. The number of aromatic nitrogens is 2. The normalized spacial score (nSPS) is 21.8. The first-order valence-corrected chi connectivity index (χ1v) is 9.97. The highest BCUT2D eigenvalue weighted by molar-refractivity contribution is 14.1. The second kappa shape index (κ2) is 5.66. The van der Waals surface area contributed by atoms with E-state index in [-0.39, 0.29) is 29.2 Å². The van der Waals surface area contributed by atoms with E-state index in [4.69, 9.17) is 11.6 Å². The molecular formula is C13H13ClFIN2O2S. The monoisotopic (exact) mass is 442 g/mol. The number of alkyl halides is 1. The molecule has 1 unspecified atom stereocenters. The van der Waals surface area contributed by atoms with Crippen LogP contribution >= 0.6 is 34.2 Å². The van der Waals surface area contributed by atoms with E-state index < -0.39 is 9.84 Å². The fraction of sp³-hybridized carbons (Fsp3) is 0.462. The van der Waals surface area contributed by atoms with Crippen molar-refractivity contribution >= 4 is 55.1 Å². The Hall–Kier alpha value is -0.410. The zero-order chi connectivity index (χ0) is 15.2. The number of sulfone groups is 1. The molecule has 114 valence electrons. The Morgan fingerprint density at radius 1 is 1.48 bits per heavy atom. The molecule has 2 aromatic rings. The lowest BCUT2D eigenvalue weighted by Gasteiger charge is -2.25. The summed E-state index contributed by atoms with van der Waals surface area (Å²) in [5, 5.41) is 0. The molecule has 8 heteroatoms. The molecule has 0 amide bonds. The average molecular weight is 443 g/mol. The number of nitrogens with zero attached hydrogens (tertiary/aromatic N) is 2. The predicted octanol–water partition coefficient (Wildman–Crippen LogP) is 3.27. The first-order valence-electron chi connectivity index (χ1n) is 6.53. The minimum Gasteiger partial charge on any atom is -0.323 e. The number of benzene rings is 1. The van der Waals surface area contributed by atoms with Crippen LogP contribution in [0.4, 0.5) is 4.39 Å². The smallest absolute Gasteiger partial charge is 0.152 e. The van der Waals surface area contributed by atoms with E-state index in [1.54, 1.807) is 10.6 Å². The zero-order valence-electron chi connectivity index (χ0n) is 11.0. The van der Waals surface area contributed by atoms with Crippen LogP contribution in [0, 0.1) is 9.39 Å². The van der Waals surface area contributed by atoms with Crippen molar-refractivity contribution in [2.24, 2.45) is 0 Å². The molecule has 1 fully saturated rings. The summed E-state index contributed by atoms with van der Waals surface area (Å²) in [4.78, 5) is 4.42. The van der Waals surface area contributed by atoms with Crippen LogP contribution in [-0.4, -0.2) is 29.5 Å². The van der Waals surface area contributed by atoms with Crippen LogP contribution in [0.2, 0.25) is 0 Å². The fourth-order valence-corrected chi connectivity index (χ4v) is 5.16. The van der Waals surface area contributed by atoms with Crippen molar-refractivity contribution in [1.29, 1.82) is 0 Å². The van der Waals surface area contributed by atoms with Crippen LogP contribution < -0.4 is 0 Å². The summed E-state index contributed by atoms with van der Waals surface area (Å²) in [5.74, 6) is 0.719. The summed E-state index contributed by atoms with van der Waals surface area (Å²) in [7, 11) is -3.06. The number of fused-ring (bicyclic) bond motifs is 1. The van der Waals surface area contributed by atoms with Gasteiger partial charge in [0.25, 0.3) is 0 Å². The SMILES string of the molecule is O=S1(=O)CCCC(n2c(CCl)nc3cc(I)c(F)cc32)C1. The summed E-state index contributed by atoms with van der Waals surface area (Å²) in [5.41, 5.74) is 1.27. The van der Waals surface area contributed by atoms with Crippen molar-refractivity contribution in [3.05, 3.63) is 27.3 Å². The molecule has 3 rings (SSSR count). The van der Waals surface area contributed by atoms with Gasteiger partial charge in [0.15, 0.2) is 9.84 Å². The number of hydrogen-bond donors (Lipinski definition) is 0. The molecule has 0 N–H and O–H groups in total. The number of halogens is 3. The summed E-state index contributed by atoms with van der Waals surface area (Å²) in [6.45, 7) is 0. The van der Waals surface area contributed by atoms with Gasteiger partial charge in [-0.15, -0.1) is 11.6 Å². The van der Waals surface area contributed by atoms with Crippen molar-refractivity contribution in [3.63, 3.8) is 0 Å². The second-order valence-corrected chi connectivity index (χ2v) is 8.86. The van der Waals surface area contributed by atoms with Gasteiger partial charge < -0.3 is 4.57 Å². The Labute approximate surface area is 140 Å². The lowest BCUT2D eigenvalue weighted by molar-refractivity contribution is 0.470. The lowest BCUT2D eigenvalue weighted by Crippen LogP contribution is -2.28. The maximum absolute atomic E-state index is 13.9. The molecule has 0 spiro atoms. The van der Waals surface area contributed by atoms with Crippen LogP contribution in [0.15, 0.2) is 12.1 Å². The number of hydrogen-bond acceptors (Lipinski definition) is 3. The molecule has 1 aromatic heterocycles. The molecule has 21 heavy (non-hydrogen) atoms. The third-order valence-electron chi connectivity index (χ3n) is 3.73. The van der Waals surface area contributed by atoms with Gasteiger partial charge in [-0.3, -0.25) is 0 Å². The van der Waals surface area contributed by atoms with Gasteiger partial charge in [0.1, 0.15) is 11.6 Å². The molecule has 0 radical (unpaired) electrons. The van der Waals surface area contributed by atoms with Gasteiger partial charge in [0.05, 0.1) is 32.0 Å². The Balaban J connectivity index is 2.18. The van der Waals surface area contributed by atoms with Gasteiger partial charge in [-0.1, -0.05) is 0 Å². The zero-order valence-corrected chi connectivity index (χ0v) is 14.8. The van der Waals surface area contributed by atoms with E-state index in [2.05, 4.69) is 4.98 Å². The van der Waals surface area contributed by atoms with E-state index in [0.29, 0.717) is 26.8 Å². The Bertz CT molecular complexity index is 806. The first-order chi connectivity index (χ1) is 9.91. The topological polar surface area (TPSA) is 52.0 Å². The van der Waals surface area contributed by atoms with E-state index in [0.717, 1.165) is 6.42 Å².